The minimum atomic E-state index is 0.896. The van der Waals surface area contributed by atoms with Gasteiger partial charge in [-0.05, 0) is 101 Å². The lowest BCUT2D eigenvalue weighted by molar-refractivity contribution is 0.493. The number of fused-ring (bicyclic) bond motifs is 5. The van der Waals surface area contributed by atoms with Gasteiger partial charge >= 0.3 is 0 Å². The van der Waals surface area contributed by atoms with E-state index < -0.39 is 0 Å². The first-order valence-corrected chi connectivity index (χ1v) is 17.9. The zero-order valence-electron chi connectivity index (χ0n) is 27.8. The zero-order valence-corrected chi connectivity index (χ0v) is 27.8. The predicted octanol–water partition coefficient (Wildman–Crippen LogP) is 14.5. The number of rotatable bonds is 2. The van der Waals surface area contributed by atoms with E-state index in [1.165, 1.54) is 70.4 Å². The number of hydrogen-bond donors (Lipinski definition) is 0. The SMILES string of the molecule is c1ccc2c(c1)ccc1c2oc2c(-c3ccc4c5c3ccc3ccc6cccc(c6c35)O4)ccc(-c3ccc4ccc5cccc6ccc3c4c56)c21. The average Bonchev–Trinajstić information content (AvgIpc) is 3.60. The molecule has 2 nitrogen and oxygen atoms in total. The van der Waals surface area contributed by atoms with Crippen LogP contribution in [0.15, 0.2) is 162 Å². The predicted molar refractivity (Wildman–Crippen MR) is 218 cm³/mol. The quantitative estimate of drug-likeness (QED) is 0.173. The van der Waals surface area contributed by atoms with E-state index in [2.05, 4.69) is 158 Å². The molecule has 0 N–H and O–H groups in total. The summed E-state index contributed by atoms with van der Waals surface area (Å²) < 4.78 is 13.8. The van der Waals surface area contributed by atoms with Crippen molar-refractivity contribution in [2.24, 2.45) is 0 Å². The molecule has 2 heteroatoms. The third-order valence-corrected chi connectivity index (χ3v) is 11.8. The summed E-state index contributed by atoms with van der Waals surface area (Å²) in [4.78, 5) is 0. The third-order valence-electron chi connectivity index (χ3n) is 11.8. The van der Waals surface area contributed by atoms with Crippen LogP contribution in [-0.2, 0) is 0 Å². The van der Waals surface area contributed by atoms with Gasteiger partial charge < -0.3 is 9.15 Å². The van der Waals surface area contributed by atoms with Crippen LogP contribution in [0, 0.1) is 0 Å². The highest BCUT2D eigenvalue weighted by atomic mass is 16.5. The zero-order chi connectivity index (χ0) is 33.7. The lowest BCUT2D eigenvalue weighted by Crippen LogP contribution is -1.96. The van der Waals surface area contributed by atoms with E-state index in [9.17, 15) is 0 Å². The Labute approximate surface area is 297 Å². The largest absolute Gasteiger partial charge is 0.456 e. The summed E-state index contributed by atoms with van der Waals surface area (Å²) in [6, 6.07) is 57.6. The second-order valence-corrected chi connectivity index (χ2v) is 14.3. The van der Waals surface area contributed by atoms with Gasteiger partial charge in [0.15, 0.2) is 0 Å². The van der Waals surface area contributed by atoms with Crippen molar-refractivity contribution < 1.29 is 9.15 Å². The molecule has 2 heterocycles. The Bertz CT molecular complexity index is 3530. The molecule has 0 unspecified atom stereocenters. The molecule has 0 fully saturated rings. The van der Waals surface area contributed by atoms with Gasteiger partial charge in [0, 0.05) is 37.9 Å². The molecular formula is C50H26O2. The van der Waals surface area contributed by atoms with Crippen molar-refractivity contribution in [3.63, 3.8) is 0 Å². The Morgan fingerprint density at radius 3 is 1.63 bits per heavy atom. The van der Waals surface area contributed by atoms with Crippen molar-refractivity contribution in [1.82, 2.24) is 0 Å². The molecule has 0 amide bonds. The Balaban J connectivity index is 1.17. The van der Waals surface area contributed by atoms with Gasteiger partial charge in [-0.15, -0.1) is 0 Å². The van der Waals surface area contributed by atoms with E-state index in [0.717, 1.165) is 60.7 Å². The Kier molecular flexibility index (Phi) is 4.89. The van der Waals surface area contributed by atoms with Crippen LogP contribution in [0.5, 0.6) is 11.5 Å². The van der Waals surface area contributed by atoms with Gasteiger partial charge in [-0.2, -0.15) is 0 Å². The molecule has 1 aliphatic rings. The van der Waals surface area contributed by atoms with Crippen molar-refractivity contribution in [2.45, 2.75) is 0 Å². The van der Waals surface area contributed by atoms with Crippen LogP contribution in [0.25, 0.3) is 120 Å². The van der Waals surface area contributed by atoms with Crippen LogP contribution >= 0.6 is 0 Å². The van der Waals surface area contributed by atoms with Gasteiger partial charge in [-0.1, -0.05) is 127 Å². The van der Waals surface area contributed by atoms with E-state index in [1.807, 2.05) is 0 Å². The maximum Gasteiger partial charge on any atom is 0.143 e. The molecule has 0 aliphatic carbocycles. The molecule has 13 rings (SSSR count). The Hall–Kier alpha value is -6.90. The maximum absolute atomic E-state index is 7.16. The van der Waals surface area contributed by atoms with Crippen LogP contribution in [-0.4, -0.2) is 0 Å². The molecule has 1 aliphatic heterocycles. The lowest BCUT2D eigenvalue weighted by atomic mass is 9.86. The summed E-state index contributed by atoms with van der Waals surface area (Å²) in [5.74, 6) is 1.81. The maximum atomic E-state index is 7.16. The Morgan fingerprint density at radius 2 is 0.788 bits per heavy atom. The summed E-state index contributed by atoms with van der Waals surface area (Å²) in [6.07, 6.45) is 0. The molecule has 0 spiro atoms. The van der Waals surface area contributed by atoms with Gasteiger partial charge in [0.1, 0.15) is 22.7 Å². The van der Waals surface area contributed by atoms with Crippen LogP contribution in [0.4, 0.5) is 0 Å². The highest BCUT2D eigenvalue weighted by Gasteiger charge is 2.25. The van der Waals surface area contributed by atoms with Crippen molar-refractivity contribution in [3.8, 4) is 33.8 Å². The van der Waals surface area contributed by atoms with Gasteiger partial charge in [0.2, 0.25) is 0 Å². The van der Waals surface area contributed by atoms with E-state index in [-0.39, 0.29) is 0 Å². The molecule has 238 valence electrons. The fourth-order valence-electron chi connectivity index (χ4n) is 9.51. The minimum absolute atomic E-state index is 0.896. The fraction of sp³-hybridized carbons (Fsp3) is 0. The molecule has 0 atom stereocenters. The Morgan fingerprint density at radius 1 is 0.250 bits per heavy atom. The second kappa shape index (κ2) is 9.45. The molecule has 52 heavy (non-hydrogen) atoms. The number of ether oxygens (including phenoxy) is 1. The number of furan rings is 1. The van der Waals surface area contributed by atoms with Crippen molar-refractivity contribution in [3.05, 3.63) is 158 Å². The van der Waals surface area contributed by atoms with Gasteiger partial charge in [0.05, 0.1) is 0 Å². The highest BCUT2D eigenvalue weighted by molar-refractivity contribution is 6.30. The van der Waals surface area contributed by atoms with Crippen molar-refractivity contribution >= 4 is 97.3 Å². The first-order chi connectivity index (χ1) is 25.8. The lowest BCUT2D eigenvalue weighted by Gasteiger charge is -2.22. The number of hydrogen-bond acceptors (Lipinski definition) is 2. The topological polar surface area (TPSA) is 22.4 Å². The van der Waals surface area contributed by atoms with Gasteiger partial charge in [0.25, 0.3) is 0 Å². The van der Waals surface area contributed by atoms with E-state index in [1.54, 1.807) is 0 Å². The minimum Gasteiger partial charge on any atom is -0.456 e. The van der Waals surface area contributed by atoms with Crippen molar-refractivity contribution in [2.75, 3.05) is 0 Å². The number of benzene rings is 11. The molecule has 0 bridgehead atoms. The molecular weight excluding hydrogens is 633 g/mol. The highest BCUT2D eigenvalue weighted by Crippen LogP contribution is 2.51. The molecule has 0 saturated heterocycles. The summed E-state index contributed by atoms with van der Waals surface area (Å²) in [5, 5.41) is 19.4. The monoisotopic (exact) mass is 658 g/mol. The summed E-state index contributed by atoms with van der Waals surface area (Å²) in [6.45, 7) is 0. The van der Waals surface area contributed by atoms with Crippen LogP contribution in [0.1, 0.15) is 0 Å². The molecule has 0 radical (unpaired) electrons. The van der Waals surface area contributed by atoms with Crippen LogP contribution < -0.4 is 4.74 Å². The summed E-state index contributed by atoms with van der Waals surface area (Å²) >= 11 is 0. The molecule has 11 aromatic carbocycles. The fourth-order valence-corrected chi connectivity index (χ4v) is 9.51. The van der Waals surface area contributed by atoms with E-state index in [4.69, 9.17) is 9.15 Å². The van der Waals surface area contributed by atoms with Gasteiger partial charge in [-0.25, -0.2) is 0 Å². The molecule has 1 aromatic heterocycles. The smallest absolute Gasteiger partial charge is 0.143 e. The third kappa shape index (κ3) is 3.30. The van der Waals surface area contributed by atoms with E-state index in [0.29, 0.717) is 0 Å². The normalized spacial score (nSPS) is 12.8. The van der Waals surface area contributed by atoms with Crippen LogP contribution in [0.2, 0.25) is 0 Å². The standard InChI is InChI=1S/C50H26O2/c1-2-9-33-27(5-1)15-22-40-47-37(34-19-16-31-13-11-28-6-3-7-29-17-20-36(34)44(31)43(28)29)23-24-39(50(47)52-49(33)40)35-25-26-42-48-38(35)21-18-32-14-12-30-8-4-10-41(51-42)45(30)46(32)48/h1-26H. The average molecular weight is 659 g/mol. The summed E-state index contributed by atoms with van der Waals surface area (Å²) in [5.41, 5.74) is 6.43. The van der Waals surface area contributed by atoms with Crippen molar-refractivity contribution in [1.29, 1.82) is 0 Å². The van der Waals surface area contributed by atoms with E-state index >= 15 is 0 Å². The van der Waals surface area contributed by atoms with Crippen LogP contribution in [0.3, 0.4) is 0 Å². The second-order valence-electron chi connectivity index (χ2n) is 14.3. The van der Waals surface area contributed by atoms with Gasteiger partial charge in [-0.3, -0.25) is 0 Å². The summed E-state index contributed by atoms with van der Waals surface area (Å²) in [7, 11) is 0. The first-order valence-electron chi connectivity index (χ1n) is 17.9. The molecule has 12 aromatic rings. The molecule has 0 saturated carbocycles. The first kappa shape index (κ1) is 26.9.